The van der Waals surface area contributed by atoms with Crippen LogP contribution >= 0.6 is 0 Å². The zero-order chi connectivity index (χ0) is 14.5. The van der Waals surface area contributed by atoms with Crippen molar-refractivity contribution >= 4 is 6.09 Å². The summed E-state index contributed by atoms with van der Waals surface area (Å²) in [5, 5.41) is 12.7. The second kappa shape index (κ2) is 6.14. The molecule has 20 heavy (non-hydrogen) atoms. The van der Waals surface area contributed by atoms with E-state index in [4.69, 9.17) is 9.63 Å². The van der Waals surface area contributed by atoms with Crippen molar-refractivity contribution in [1.29, 1.82) is 0 Å². The Morgan fingerprint density at radius 2 is 2.10 bits per heavy atom. The van der Waals surface area contributed by atoms with E-state index >= 15 is 0 Å². The Morgan fingerprint density at radius 3 is 2.70 bits per heavy atom. The number of hydrogen-bond acceptors (Lipinski definition) is 4. The van der Waals surface area contributed by atoms with Crippen LogP contribution in [0.5, 0.6) is 0 Å². The lowest BCUT2D eigenvalue weighted by Gasteiger charge is -2.14. The zero-order valence-electron chi connectivity index (χ0n) is 10.9. The highest BCUT2D eigenvalue weighted by Gasteiger charge is 2.13. The minimum Gasteiger partial charge on any atom is -0.465 e. The SMILES string of the molecule is CCN(CCc1noc(-c2ccc(F)cc2)n1)C(=O)O. The number of aromatic nitrogens is 2. The molecule has 7 heteroatoms. The number of rotatable bonds is 5. The van der Waals surface area contributed by atoms with Gasteiger partial charge < -0.3 is 14.5 Å². The third-order valence-electron chi connectivity index (χ3n) is 2.82. The molecule has 1 N–H and O–H groups in total. The van der Waals surface area contributed by atoms with E-state index in [0.717, 1.165) is 0 Å². The first kappa shape index (κ1) is 14.0. The van der Waals surface area contributed by atoms with Crippen molar-refractivity contribution in [3.05, 3.63) is 35.9 Å². The van der Waals surface area contributed by atoms with E-state index in [1.807, 2.05) is 0 Å². The van der Waals surface area contributed by atoms with Crippen molar-refractivity contribution in [2.45, 2.75) is 13.3 Å². The minimum absolute atomic E-state index is 0.290. The molecule has 0 aliphatic carbocycles. The molecule has 0 aliphatic heterocycles. The van der Waals surface area contributed by atoms with Gasteiger partial charge in [-0.3, -0.25) is 0 Å². The molecule has 0 saturated heterocycles. The molecule has 0 radical (unpaired) electrons. The third-order valence-corrected chi connectivity index (χ3v) is 2.82. The summed E-state index contributed by atoms with van der Waals surface area (Å²) in [4.78, 5) is 16.3. The van der Waals surface area contributed by atoms with Crippen molar-refractivity contribution in [3.8, 4) is 11.5 Å². The standard InChI is InChI=1S/C13H14FN3O3/c1-2-17(13(18)19)8-7-11-15-12(20-16-11)9-3-5-10(14)6-4-9/h3-6H,2,7-8H2,1H3,(H,18,19). The number of carboxylic acid groups (broad SMARTS) is 1. The number of amides is 1. The lowest BCUT2D eigenvalue weighted by Crippen LogP contribution is -2.31. The van der Waals surface area contributed by atoms with Gasteiger partial charge in [-0.25, -0.2) is 9.18 Å². The Labute approximate surface area is 114 Å². The van der Waals surface area contributed by atoms with Crippen molar-refractivity contribution in [1.82, 2.24) is 15.0 Å². The van der Waals surface area contributed by atoms with Crippen molar-refractivity contribution < 1.29 is 18.8 Å². The highest BCUT2D eigenvalue weighted by atomic mass is 19.1. The van der Waals surface area contributed by atoms with Crippen molar-refractivity contribution in [3.63, 3.8) is 0 Å². The largest absolute Gasteiger partial charge is 0.465 e. The van der Waals surface area contributed by atoms with Crippen LogP contribution in [0.3, 0.4) is 0 Å². The Hall–Kier alpha value is -2.44. The first-order valence-corrected chi connectivity index (χ1v) is 6.16. The van der Waals surface area contributed by atoms with E-state index in [2.05, 4.69) is 10.1 Å². The van der Waals surface area contributed by atoms with E-state index in [1.165, 1.54) is 17.0 Å². The molecular weight excluding hydrogens is 265 g/mol. The molecule has 0 saturated carbocycles. The van der Waals surface area contributed by atoms with Gasteiger partial charge in [-0.1, -0.05) is 5.16 Å². The predicted molar refractivity (Wildman–Crippen MR) is 68.7 cm³/mol. The van der Waals surface area contributed by atoms with Crippen LogP contribution in [-0.4, -0.2) is 39.3 Å². The van der Waals surface area contributed by atoms with Crippen LogP contribution in [0.15, 0.2) is 28.8 Å². The van der Waals surface area contributed by atoms with Crippen LogP contribution in [0.1, 0.15) is 12.7 Å². The molecule has 2 aromatic rings. The summed E-state index contributed by atoms with van der Waals surface area (Å²) in [5.74, 6) is 0.371. The van der Waals surface area contributed by atoms with Gasteiger partial charge >= 0.3 is 6.09 Å². The van der Waals surface area contributed by atoms with Crippen molar-refractivity contribution in [2.24, 2.45) is 0 Å². The van der Waals surface area contributed by atoms with Gasteiger partial charge in [0.15, 0.2) is 5.82 Å². The third kappa shape index (κ3) is 3.31. The summed E-state index contributed by atoms with van der Waals surface area (Å²) in [7, 11) is 0. The summed E-state index contributed by atoms with van der Waals surface area (Å²) in [6.45, 7) is 2.46. The van der Waals surface area contributed by atoms with E-state index in [-0.39, 0.29) is 5.82 Å². The summed E-state index contributed by atoms with van der Waals surface area (Å²) in [6, 6.07) is 5.70. The number of halogens is 1. The highest BCUT2D eigenvalue weighted by molar-refractivity contribution is 5.64. The number of nitrogens with zero attached hydrogens (tertiary/aromatic N) is 3. The van der Waals surface area contributed by atoms with Crippen LogP contribution in [-0.2, 0) is 6.42 Å². The first-order chi connectivity index (χ1) is 9.60. The van der Waals surface area contributed by atoms with E-state index in [1.54, 1.807) is 19.1 Å². The molecule has 106 valence electrons. The summed E-state index contributed by atoms with van der Waals surface area (Å²) in [6.07, 6.45) is -0.611. The molecule has 2 rings (SSSR count). The molecule has 0 atom stereocenters. The van der Waals surface area contributed by atoms with Gasteiger partial charge in [0.25, 0.3) is 5.89 Å². The van der Waals surface area contributed by atoms with Gasteiger partial charge in [-0.15, -0.1) is 0 Å². The Bertz CT molecular complexity index is 583. The molecule has 0 fully saturated rings. The van der Waals surface area contributed by atoms with Crippen LogP contribution in [0.2, 0.25) is 0 Å². The number of carbonyl (C=O) groups is 1. The number of likely N-dealkylation sites (N-methyl/N-ethyl adjacent to an activating group) is 1. The summed E-state index contributed by atoms with van der Waals surface area (Å²) >= 11 is 0. The lowest BCUT2D eigenvalue weighted by atomic mass is 10.2. The molecule has 1 aromatic heterocycles. The second-order valence-corrected chi connectivity index (χ2v) is 4.13. The second-order valence-electron chi connectivity index (χ2n) is 4.13. The molecule has 1 amide bonds. The maximum Gasteiger partial charge on any atom is 0.407 e. The monoisotopic (exact) mass is 279 g/mol. The Balaban J connectivity index is 2.02. The van der Waals surface area contributed by atoms with Crippen LogP contribution in [0.4, 0.5) is 9.18 Å². The van der Waals surface area contributed by atoms with Crippen LogP contribution in [0, 0.1) is 5.82 Å². The fraction of sp³-hybridized carbons (Fsp3) is 0.308. The summed E-state index contributed by atoms with van der Waals surface area (Å²) < 4.78 is 17.9. The normalized spacial score (nSPS) is 10.5. The summed E-state index contributed by atoms with van der Waals surface area (Å²) in [5.41, 5.74) is 0.621. The lowest BCUT2D eigenvalue weighted by molar-refractivity contribution is 0.148. The molecule has 0 aliphatic rings. The van der Waals surface area contributed by atoms with E-state index in [0.29, 0.717) is 36.8 Å². The van der Waals surface area contributed by atoms with Gasteiger partial charge in [0.2, 0.25) is 0 Å². The van der Waals surface area contributed by atoms with Gasteiger partial charge in [-0.05, 0) is 31.2 Å². The fourth-order valence-electron chi connectivity index (χ4n) is 1.69. The van der Waals surface area contributed by atoms with Crippen LogP contribution < -0.4 is 0 Å². The van der Waals surface area contributed by atoms with Gasteiger partial charge in [0, 0.05) is 25.1 Å². The quantitative estimate of drug-likeness (QED) is 0.909. The maximum absolute atomic E-state index is 12.8. The molecule has 0 unspecified atom stereocenters. The molecule has 0 bridgehead atoms. The van der Waals surface area contributed by atoms with E-state index in [9.17, 15) is 9.18 Å². The molecular formula is C13H14FN3O3. The molecule has 0 spiro atoms. The maximum atomic E-state index is 12.8. The van der Waals surface area contributed by atoms with Gasteiger partial charge in [-0.2, -0.15) is 4.98 Å². The Kier molecular flexibility index (Phi) is 4.29. The van der Waals surface area contributed by atoms with Crippen LogP contribution in [0.25, 0.3) is 11.5 Å². The van der Waals surface area contributed by atoms with E-state index < -0.39 is 6.09 Å². The Morgan fingerprint density at radius 1 is 1.40 bits per heavy atom. The average Bonchev–Trinajstić information content (AvgIpc) is 2.89. The number of hydrogen-bond donors (Lipinski definition) is 1. The average molecular weight is 279 g/mol. The first-order valence-electron chi connectivity index (χ1n) is 6.16. The zero-order valence-corrected chi connectivity index (χ0v) is 10.9. The van der Waals surface area contributed by atoms with Crippen molar-refractivity contribution in [2.75, 3.05) is 13.1 Å². The molecule has 1 heterocycles. The fourth-order valence-corrected chi connectivity index (χ4v) is 1.69. The topological polar surface area (TPSA) is 79.5 Å². The smallest absolute Gasteiger partial charge is 0.407 e. The predicted octanol–water partition coefficient (Wildman–Crippen LogP) is 2.42. The number of benzene rings is 1. The van der Waals surface area contributed by atoms with Gasteiger partial charge in [0.1, 0.15) is 5.82 Å². The molecule has 1 aromatic carbocycles. The van der Waals surface area contributed by atoms with Gasteiger partial charge in [0.05, 0.1) is 0 Å². The highest BCUT2D eigenvalue weighted by Crippen LogP contribution is 2.17. The minimum atomic E-state index is -0.977. The molecule has 6 nitrogen and oxygen atoms in total.